The summed E-state index contributed by atoms with van der Waals surface area (Å²) in [6.45, 7) is 2.17. The first-order valence-electron chi connectivity index (χ1n) is 7.18. The third-order valence-electron chi connectivity index (χ3n) is 3.90. The molecule has 98 valence electrons. The van der Waals surface area contributed by atoms with E-state index < -0.39 is 0 Å². The number of hydrogen-bond acceptors (Lipinski definition) is 4. The molecule has 1 aromatic heterocycles. The van der Waals surface area contributed by atoms with Crippen molar-refractivity contribution in [3.8, 4) is 0 Å². The Balaban J connectivity index is 1.80. The number of aromatic nitrogens is 2. The van der Waals surface area contributed by atoms with Gasteiger partial charge in [-0.25, -0.2) is 4.98 Å². The zero-order chi connectivity index (χ0) is 12.7. The zero-order valence-electron chi connectivity index (χ0n) is 11.0. The lowest BCUT2D eigenvalue weighted by Crippen LogP contribution is -2.21. The van der Waals surface area contributed by atoms with Crippen molar-refractivity contribution in [3.05, 3.63) is 24.3 Å². The number of nitrogens with one attached hydrogen (secondary N) is 1. The molecule has 1 saturated carbocycles. The lowest BCUT2D eigenvalue weighted by atomic mass is 10.2. The molecule has 1 aromatic carbocycles. The number of hydrogen-bond donors (Lipinski definition) is 1. The Labute approximate surface area is 112 Å². The predicted molar refractivity (Wildman–Crippen MR) is 77.6 cm³/mol. The molecule has 0 spiro atoms. The van der Waals surface area contributed by atoms with Gasteiger partial charge in [-0.3, -0.25) is 0 Å². The molecule has 0 bridgehead atoms. The molecule has 19 heavy (non-hydrogen) atoms. The van der Waals surface area contributed by atoms with E-state index in [1.165, 1.54) is 25.7 Å². The van der Waals surface area contributed by atoms with Crippen LogP contribution in [-0.4, -0.2) is 29.1 Å². The van der Waals surface area contributed by atoms with Crippen LogP contribution in [0.5, 0.6) is 0 Å². The van der Waals surface area contributed by atoms with E-state index in [9.17, 15) is 0 Å². The van der Waals surface area contributed by atoms with Crippen LogP contribution in [0.3, 0.4) is 0 Å². The molecule has 1 N–H and O–H groups in total. The van der Waals surface area contributed by atoms with E-state index in [1.807, 2.05) is 6.07 Å². The highest BCUT2D eigenvalue weighted by molar-refractivity contribution is 5.90. The minimum atomic E-state index is 0.615. The Kier molecular flexibility index (Phi) is 2.53. The first-order chi connectivity index (χ1) is 9.40. The Hall–Kier alpha value is -1.84. The van der Waals surface area contributed by atoms with Crippen molar-refractivity contribution in [1.29, 1.82) is 0 Å². The van der Waals surface area contributed by atoms with Crippen LogP contribution in [0.1, 0.15) is 25.7 Å². The second kappa shape index (κ2) is 4.37. The molecule has 0 unspecified atom stereocenters. The molecule has 2 aromatic rings. The maximum Gasteiger partial charge on any atom is 0.227 e. The van der Waals surface area contributed by atoms with Crippen molar-refractivity contribution >= 4 is 22.7 Å². The molecular formula is C15H18N4. The van der Waals surface area contributed by atoms with Crippen LogP contribution in [0.25, 0.3) is 10.9 Å². The first-order valence-corrected chi connectivity index (χ1v) is 7.18. The molecule has 1 aliphatic carbocycles. The highest BCUT2D eigenvalue weighted by atomic mass is 15.3. The maximum atomic E-state index is 4.77. The van der Waals surface area contributed by atoms with Gasteiger partial charge in [0.05, 0.1) is 5.52 Å². The van der Waals surface area contributed by atoms with Gasteiger partial charge in [-0.2, -0.15) is 4.98 Å². The molecule has 0 amide bonds. The normalized spacial score (nSPS) is 19.1. The topological polar surface area (TPSA) is 41.1 Å². The number of fused-ring (bicyclic) bond motifs is 1. The Bertz CT molecular complexity index is 600. The number of para-hydroxylation sites is 1. The smallest absolute Gasteiger partial charge is 0.227 e. The summed E-state index contributed by atoms with van der Waals surface area (Å²) in [6, 6.07) is 8.90. The Morgan fingerprint density at radius 3 is 2.63 bits per heavy atom. The summed E-state index contributed by atoms with van der Waals surface area (Å²) in [6.07, 6.45) is 5.03. The van der Waals surface area contributed by atoms with E-state index >= 15 is 0 Å². The average Bonchev–Trinajstić information content (AvgIpc) is 3.08. The van der Waals surface area contributed by atoms with Gasteiger partial charge < -0.3 is 10.2 Å². The standard InChI is InChI=1S/C15H18N4/c1-2-6-13-12(5-1)14(16-11-7-8-11)18-15(17-13)19-9-3-4-10-19/h1-2,5-6,11H,3-4,7-10H2,(H,16,17,18). The fraction of sp³-hybridized carbons (Fsp3) is 0.467. The van der Waals surface area contributed by atoms with Gasteiger partial charge in [-0.05, 0) is 37.8 Å². The van der Waals surface area contributed by atoms with E-state index in [0.29, 0.717) is 6.04 Å². The van der Waals surface area contributed by atoms with Gasteiger partial charge in [-0.15, -0.1) is 0 Å². The molecular weight excluding hydrogens is 236 g/mol. The third-order valence-corrected chi connectivity index (χ3v) is 3.90. The molecule has 0 radical (unpaired) electrons. The molecule has 4 heteroatoms. The fourth-order valence-electron chi connectivity index (χ4n) is 2.65. The summed E-state index contributed by atoms with van der Waals surface area (Å²) >= 11 is 0. The van der Waals surface area contributed by atoms with Crippen LogP contribution in [0, 0.1) is 0 Å². The van der Waals surface area contributed by atoms with Crippen LogP contribution in [0.2, 0.25) is 0 Å². The molecule has 1 aliphatic heterocycles. The van der Waals surface area contributed by atoms with Crippen molar-refractivity contribution in [2.24, 2.45) is 0 Å². The van der Waals surface area contributed by atoms with Crippen LogP contribution in [-0.2, 0) is 0 Å². The summed E-state index contributed by atoms with van der Waals surface area (Å²) in [7, 11) is 0. The van der Waals surface area contributed by atoms with Gasteiger partial charge in [0.25, 0.3) is 0 Å². The highest BCUT2D eigenvalue weighted by Crippen LogP contribution is 2.30. The quantitative estimate of drug-likeness (QED) is 0.914. The fourth-order valence-corrected chi connectivity index (χ4v) is 2.65. The third kappa shape index (κ3) is 2.11. The molecule has 2 aliphatic rings. The van der Waals surface area contributed by atoms with Crippen LogP contribution in [0.4, 0.5) is 11.8 Å². The van der Waals surface area contributed by atoms with E-state index in [1.54, 1.807) is 0 Å². The highest BCUT2D eigenvalue weighted by Gasteiger charge is 2.23. The van der Waals surface area contributed by atoms with Gasteiger partial charge in [0.2, 0.25) is 5.95 Å². The monoisotopic (exact) mass is 254 g/mol. The van der Waals surface area contributed by atoms with Crippen LogP contribution in [0.15, 0.2) is 24.3 Å². The van der Waals surface area contributed by atoms with Gasteiger partial charge in [0.1, 0.15) is 5.82 Å². The number of nitrogens with zero attached hydrogens (tertiary/aromatic N) is 3. The minimum Gasteiger partial charge on any atom is -0.367 e. The zero-order valence-corrected chi connectivity index (χ0v) is 11.0. The lowest BCUT2D eigenvalue weighted by molar-refractivity contribution is 0.905. The molecule has 2 heterocycles. The Morgan fingerprint density at radius 2 is 1.84 bits per heavy atom. The largest absolute Gasteiger partial charge is 0.367 e. The summed E-state index contributed by atoms with van der Waals surface area (Å²) < 4.78 is 0. The SMILES string of the molecule is c1ccc2c(NC3CC3)nc(N3CCCC3)nc2c1. The van der Waals surface area contributed by atoms with Gasteiger partial charge in [0.15, 0.2) is 0 Å². The molecule has 1 saturated heterocycles. The molecule has 4 rings (SSSR count). The molecule has 0 atom stereocenters. The van der Waals surface area contributed by atoms with E-state index in [4.69, 9.17) is 9.97 Å². The summed E-state index contributed by atoms with van der Waals surface area (Å²) in [5, 5.41) is 4.68. The van der Waals surface area contributed by atoms with Crippen molar-refractivity contribution in [1.82, 2.24) is 9.97 Å². The maximum absolute atomic E-state index is 4.77. The summed E-state index contributed by atoms with van der Waals surface area (Å²) in [4.78, 5) is 11.8. The van der Waals surface area contributed by atoms with Crippen molar-refractivity contribution in [3.63, 3.8) is 0 Å². The second-order valence-electron chi connectivity index (χ2n) is 5.50. The van der Waals surface area contributed by atoms with Gasteiger partial charge >= 0.3 is 0 Å². The van der Waals surface area contributed by atoms with Gasteiger partial charge in [-0.1, -0.05) is 12.1 Å². The second-order valence-corrected chi connectivity index (χ2v) is 5.50. The minimum absolute atomic E-state index is 0.615. The molecule has 2 fully saturated rings. The van der Waals surface area contributed by atoms with E-state index in [2.05, 4.69) is 28.4 Å². The number of rotatable bonds is 3. The van der Waals surface area contributed by atoms with Crippen molar-refractivity contribution in [2.75, 3.05) is 23.3 Å². The van der Waals surface area contributed by atoms with Crippen molar-refractivity contribution in [2.45, 2.75) is 31.7 Å². The lowest BCUT2D eigenvalue weighted by Gasteiger charge is -2.17. The van der Waals surface area contributed by atoms with Crippen LogP contribution >= 0.6 is 0 Å². The number of benzene rings is 1. The first kappa shape index (κ1) is 11.0. The van der Waals surface area contributed by atoms with E-state index in [-0.39, 0.29) is 0 Å². The predicted octanol–water partition coefficient (Wildman–Crippen LogP) is 2.80. The van der Waals surface area contributed by atoms with Gasteiger partial charge in [0, 0.05) is 24.5 Å². The van der Waals surface area contributed by atoms with E-state index in [0.717, 1.165) is 35.8 Å². The Morgan fingerprint density at radius 1 is 1.05 bits per heavy atom. The van der Waals surface area contributed by atoms with Crippen molar-refractivity contribution < 1.29 is 0 Å². The average molecular weight is 254 g/mol. The summed E-state index contributed by atoms with van der Waals surface area (Å²) in [5.41, 5.74) is 1.04. The molecule has 4 nitrogen and oxygen atoms in total. The summed E-state index contributed by atoms with van der Waals surface area (Å²) in [5.74, 6) is 1.90. The van der Waals surface area contributed by atoms with Crippen LogP contribution < -0.4 is 10.2 Å². The number of anilines is 2.